The van der Waals surface area contributed by atoms with Gasteiger partial charge in [-0.3, -0.25) is 9.69 Å². The number of carbonyl (C=O) groups excluding carboxylic acids is 1. The maximum atomic E-state index is 12.9. The second-order valence-corrected chi connectivity index (χ2v) is 7.73. The normalized spacial score (nSPS) is 21.4. The summed E-state index contributed by atoms with van der Waals surface area (Å²) in [5.41, 5.74) is 1.30. The molecule has 2 saturated heterocycles. The molecular formula is C19H31N3O3. The molecule has 0 spiro atoms. The lowest BCUT2D eigenvalue weighted by Crippen LogP contribution is -2.59. The highest BCUT2D eigenvalue weighted by Gasteiger charge is 2.39. The van der Waals surface area contributed by atoms with Crippen molar-refractivity contribution in [3.63, 3.8) is 0 Å². The first kappa shape index (κ1) is 18.4. The lowest BCUT2D eigenvalue weighted by atomic mass is 9.86. The molecular weight excluding hydrogens is 318 g/mol. The zero-order chi connectivity index (χ0) is 17.9. The first-order valence-corrected chi connectivity index (χ1v) is 9.61. The molecule has 1 aromatic rings. The molecule has 0 atom stereocenters. The van der Waals surface area contributed by atoms with Gasteiger partial charge in [-0.1, -0.05) is 25.4 Å². The van der Waals surface area contributed by atoms with Crippen LogP contribution in [0.2, 0.25) is 0 Å². The van der Waals surface area contributed by atoms with Crippen molar-refractivity contribution in [2.75, 3.05) is 32.8 Å². The fourth-order valence-corrected chi connectivity index (χ4v) is 4.12. The van der Waals surface area contributed by atoms with E-state index >= 15 is 0 Å². The van der Waals surface area contributed by atoms with Crippen molar-refractivity contribution in [2.24, 2.45) is 0 Å². The molecule has 0 saturated carbocycles. The Morgan fingerprint density at radius 1 is 1.24 bits per heavy atom. The fourth-order valence-electron chi connectivity index (χ4n) is 4.12. The topological polar surface area (TPSA) is 67.6 Å². The van der Waals surface area contributed by atoms with E-state index in [4.69, 9.17) is 9.26 Å². The number of carbonyl (C=O) groups is 1. The molecule has 2 fully saturated rings. The average molecular weight is 349 g/mol. The number of likely N-dealkylation sites (tertiary alicyclic amines) is 1. The average Bonchev–Trinajstić information content (AvgIpc) is 3.03. The van der Waals surface area contributed by atoms with E-state index in [1.807, 2.05) is 20.8 Å². The number of ether oxygens (including phenoxy) is 1. The Morgan fingerprint density at radius 2 is 1.92 bits per heavy atom. The molecule has 3 heterocycles. The van der Waals surface area contributed by atoms with Gasteiger partial charge in [0.05, 0.1) is 5.69 Å². The highest BCUT2D eigenvalue weighted by molar-refractivity contribution is 5.96. The number of piperidine rings is 1. The molecule has 25 heavy (non-hydrogen) atoms. The lowest BCUT2D eigenvalue weighted by Gasteiger charge is -2.48. The van der Waals surface area contributed by atoms with E-state index in [2.05, 4.69) is 15.4 Å². The van der Waals surface area contributed by atoms with Crippen molar-refractivity contribution in [3.8, 4) is 0 Å². The number of nitrogens with one attached hydrogen (secondary N) is 1. The number of amides is 1. The highest BCUT2D eigenvalue weighted by Crippen LogP contribution is 2.30. The lowest BCUT2D eigenvalue weighted by molar-refractivity contribution is -0.0349. The number of hydrogen-bond donors (Lipinski definition) is 1. The molecule has 2 aliphatic rings. The molecule has 1 aromatic heterocycles. The van der Waals surface area contributed by atoms with E-state index in [0.29, 0.717) is 23.6 Å². The maximum absolute atomic E-state index is 12.9. The zero-order valence-electron chi connectivity index (χ0n) is 15.8. The molecule has 0 bridgehead atoms. The van der Waals surface area contributed by atoms with Gasteiger partial charge in [-0.15, -0.1) is 0 Å². The second-order valence-electron chi connectivity index (χ2n) is 7.73. The van der Waals surface area contributed by atoms with Crippen LogP contribution in [-0.2, 0) is 4.74 Å². The van der Waals surface area contributed by atoms with E-state index in [1.165, 1.54) is 19.3 Å². The Labute approximate surface area is 150 Å². The predicted octanol–water partition coefficient (Wildman–Crippen LogP) is 2.87. The Morgan fingerprint density at radius 3 is 2.56 bits per heavy atom. The molecule has 0 aliphatic carbocycles. The van der Waals surface area contributed by atoms with Gasteiger partial charge in [0.1, 0.15) is 5.56 Å². The third-order valence-corrected chi connectivity index (χ3v) is 5.67. The number of aromatic nitrogens is 1. The molecule has 2 aliphatic heterocycles. The van der Waals surface area contributed by atoms with Crippen molar-refractivity contribution >= 4 is 5.91 Å². The van der Waals surface area contributed by atoms with Gasteiger partial charge in [0.15, 0.2) is 5.76 Å². The molecule has 6 nitrogen and oxygen atoms in total. The predicted molar refractivity (Wildman–Crippen MR) is 95.9 cm³/mol. The quantitative estimate of drug-likeness (QED) is 0.885. The Hall–Kier alpha value is -1.40. The van der Waals surface area contributed by atoms with E-state index < -0.39 is 0 Å². The molecule has 140 valence electrons. The molecule has 0 radical (unpaired) electrons. The maximum Gasteiger partial charge on any atom is 0.256 e. The van der Waals surface area contributed by atoms with Crippen molar-refractivity contribution < 1.29 is 14.1 Å². The first-order valence-electron chi connectivity index (χ1n) is 9.61. The summed E-state index contributed by atoms with van der Waals surface area (Å²) in [6, 6.07) is 0. The molecule has 6 heteroatoms. The standard InChI is InChI=1S/C19H31N3O3/c1-14(2)17-16(15(3)21-25-17)18(23)20-13-19(7-11-24-12-8-19)22-9-5-4-6-10-22/h14H,4-13H2,1-3H3,(H,20,23). The van der Waals surface area contributed by atoms with E-state index in [1.54, 1.807) is 0 Å². The number of hydrogen-bond acceptors (Lipinski definition) is 5. The van der Waals surface area contributed by atoms with Crippen LogP contribution in [0.3, 0.4) is 0 Å². The number of rotatable bonds is 5. The summed E-state index contributed by atoms with van der Waals surface area (Å²) in [6.45, 7) is 10.3. The van der Waals surface area contributed by atoms with Gasteiger partial charge in [0.25, 0.3) is 5.91 Å². The van der Waals surface area contributed by atoms with Gasteiger partial charge in [0, 0.05) is 31.2 Å². The number of nitrogens with zero attached hydrogens (tertiary/aromatic N) is 2. The Balaban J connectivity index is 1.73. The minimum absolute atomic E-state index is 0.0252. The minimum atomic E-state index is -0.0645. The summed E-state index contributed by atoms with van der Waals surface area (Å²) in [6.07, 6.45) is 5.77. The van der Waals surface area contributed by atoms with Gasteiger partial charge >= 0.3 is 0 Å². The van der Waals surface area contributed by atoms with Gasteiger partial charge in [-0.2, -0.15) is 0 Å². The van der Waals surface area contributed by atoms with Crippen molar-refractivity contribution in [1.82, 2.24) is 15.4 Å². The molecule has 0 aromatic carbocycles. The van der Waals surface area contributed by atoms with Crippen LogP contribution < -0.4 is 5.32 Å². The van der Waals surface area contributed by atoms with Gasteiger partial charge < -0.3 is 14.6 Å². The third kappa shape index (κ3) is 3.90. The zero-order valence-corrected chi connectivity index (χ0v) is 15.8. The summed E-state index contributed by atoms with van der Waals surface area (Å²) < 4.78 is 11.0. The molecule has 3 rings (SSSR count). The first-order chi connectivity index (χ1) is 12.0. The highest BCUT2D eigenvalue weighted by atomic mass is 16.5. The van der Waals surface area contributed by atoms with Crippen LogP contribution in [0.15, 0.2) is 4.52 Å². The van der Waals surface area contributed by atoms with Crippen LogP contribution in [0.1, 0.15) is 73.7 Å². The molecule has 0 unspecified atom stereocenters. The Kier molecular flexibility index (Phi) is 5.79. The van der Waals surface area contributed by atoms with Crippen LogP contribution in [0.4, 0.5) is 0 Å². The largest absolute Gasteiger partial charge is 0.381 e. The molecule has 1 amide bonds. The smallest absolute Gasteiger partial charge is 0.256 e. The summed E-state index contributed by atoms with van der Waals surface area (Å²) in [5, 5.41) is 7.19. The summed E-state index contributed by atoms with van der Waals surface area (Å²) in [5.74, 6) is 0.750. The van der Waals surface area contributed by atoms with Crippen molar-refractivity contribution in [2.45, 2.75) is 64.3 Å². The number of aryl methyl sites for hydroxylation is 1. The second kappa shape index (κ2) is 7.87. The van der Waals surface area contributed by atoms with Crippen LogP contribution in [0, 0.1) is 6.92 Å². The molecule has 1 N–H and O–H groups in total. The van der Waals surface area contributed by atoms with Crippen molar-refractivity contribution in [1.29, 1.82) is 0 Å². The summed E-state index contributed by atoms with van der Waals surface area (Å²) >= 11 is 0. The third-order valence-electron chi connectivity index (χ3n) is 5.67. The van der Waals surface area contributed by atoms with E-state index in [0.717, 1.165) is 39.1 Å². The SMILES string of the molecule is Cc1noc(C(C)C)c1C(=O)NCC1(N2CCCCC2)CCOCC1. The van der Waals surface area contributed by atoms with Crippen LogP contribution in [0.25, 0.3) is 0 Å². The van der Waals surface area contributed by atoms with E-state index in [9.17, 15) is 4.79 Å². The van der Waals surface area contributed by atoms with Crippen molar-refractivity contribution in [3.05, 3.63) is 17.0 Å². The summed E-state index contributed by atoms with van der Waals surface area (Å²) in [4.78, 5) is 15.4. The van der Waals surface area contributed by atoms with Crippen LogP contribution in [-0.4, -0.2) is 54.4 Å². The van der Waals surface area contributed by atoms with Crippen LogP contribution >= 0.6 is 0 Å². The van der Waals surface area contributed by atoms with Crippen LogP contribution in [0.5, 0.6) is 0 Å². The fraction of sp³-hybridized carbons (Fsp3) is 0.789. The van der Waals surface area contributed by atoms with Gasteiger partial charge in [-0.25, -0.2) is 0 Å². The van der Waals surface area contributed by atoms with Gasteiger partial charge in [0.2, 0.25) is 0 Å². The van der Waals surface area contributed by atoms with E-state index in [-0.39, 0.29) is 17.4 Å². The van der Waals surface area contributed by atoms with Gasteiger partial charge in [-0.05, 0) is 45.7 Å². The monoisotopic (exact) mass is 349 g/mol. The minimum Gasteiger partial charge on any atom is -0.381 e. The summed E-state index contributed by atoms with van der Waals surface area (Å²) in [7, 11) is 0. The Bertz CT molecular complexity index is 585.